The van der Waals surface area contributed by atoms with E-state index in [-0.39, 0.29) is 11.2 Å². The summed E-state index contributed by atoms with van der Waals surface area (Å²) in [6, 6.07) is 25.7. The van der Waals surface area contributed by atoms with Crippen LogP contribution in [0, 0.1) is 0 Å². The van der Waals surface area contributed by atoms with Gasteiger partial charge < -0.3 is 5.11 Å². The molecule has 3 rings (SSSR count). The molecule has 3 aromatic carbocycles. The SMILES string of the molecule is CC(C)(C)c1cccc(C=NN(c2ccccc2)c2ccccc2)c1O. The second-order valence-electron chi connectivity index (χ2n) is 7.22. The highest BCUT2D eigenvalue weighted by molar-refractivity contribution is 5.85. The molecule has 0 radical (unpaired) electrons. The van der Waals surface area contributed by atoms with Gasteiger partial charge in [0.15, 0.2) is 0 Å². The Morgan fingerprint density at radius 3 is 1.81 bits per heavy atom. The summed E-state index contributed by atoms with van der Waals surface area (Å²) in [5, 5.41) is 17.2. The first-order valence-corrected chi connectivity index (χ1v) is 8.73. The van der Waals surface area contributed by atoms with Gasteiger partial charge in [0, 0.05) is 5.56 Å². The fraction of sp³-hybridized carbons (Fsp3) is 0.174. The van der Waals surface area contributed by atoms with Crippen LogP contribution < -0.4 is 5.01 Å². The number of para-hydroxylation sites is 3. The Morgan fingerprint density at radius 1 is 0.769 bits per heavy atom. The van der Waals surface area contributed by atoms with Gasteiger partial charge >= 0.3 is 0 Å². The minimum absolute atomic E-state index is 0.132. The van der Waals surface area contributed by atoms with Gasteiger partial charge in [-0.1, -0.05) is 69.3 Å². The van der Waals surface area contributed by atoms with Gasteiger partial charge in [-0.05, 0) is 41.3 Å². The molecule has 0 fully saturated rings. The molecule has 0 bridgehead atoms. The highest BCUT2D eigenvalue weighted by Crippen LogP contribution is 2.32. The van der Waals surface area contributed by atoms with E-state index < -0.39 is 0 Å². The maximum atomic E-state index is 10.7. The Kier molecular flexibility index (Phi) is 5.08. The van der Waals surface area contributed by atoms with Crippen LogP contribution in [-0.2, 0) is 5.41 Å². The average Bonchev–Trinajstić information content (AvgIpc) is 2.64. The number of phenols is 1. The van der Waals surface area contributed by atoms with E-state index in [1.54, 1.807) is 6.21 Å². The summed E-state index contributed by atoms with van der Waals surface area (Å²) in [5.41, 5.74) is 3.40. The zero-order valence-corrected chi connectivity index (χ0v) is 15.4. The third kappa shape index (κ3) is 3.94. The molecule has 0 saturated carbocycles. The van der Waals surface area contributed by atoms with Crippen LogP contribution in [0.5, 0.6) is 5.75 Å². The second-order valence-corrected chi connectivity index (χ2v) is 7.22. The molecule has 0 aliphatic carbocycles. The summed E-state index contributed by atoms with van der Waals surface area (Å²) in [7, 11) is 0. The molecule has 26 heavy (non-hydrogen) atoms. The molecule has 0 aliphatic heterocycles. The van der Waals surface area contributed by atoms with E-state index in [0.717, 1.165) is 16.9 Å². The van der Waals surface area contributed by atoms with Gasteiger partial charge in [0.05, 0.1) is 17.6 Å². The minimum atomic E-state index is -0.132. The number of hydrogen-bond donors (Lipinski definition) is 1. The number of nitrogens with zero attached hydrogens (tertiary/aromatic N) is 2. The van der Waals surface area contributed by atoms with Gasteiger partial charge in [-0.15, -0.1) is 0 Å². The maximum Gasteiger partial charge on any atom is 0.128 e. The maximum absolute atomic E-state index is 10.7. The molecule has 0 aromatic heterocycles. The number of hydrogen-bond acceptors (Lipinski definition) is 3. The van der Waals surface area contributed by atoms with Gasteiger partial charge in [0.25, 0.3) is 0 Å². The quantitative estimate of drug-likeness (QED) is 0.475. The minimum Gasteiger partial charge on any atom is -0.507 e. The number of hydrazone groups is 1. The van der Waals surface area contributed by atoms with Gasteiger partial charge in [-0.3, -0.25) is 0 Å². The van der Waals surface area contributed by atoms with Crippen molar-refractivity contribution >= 4 is 17.6 Å². The van der Waals surface area contributed by atoms with Crippen LogP contribution >= 0.6 is 0 Å². The van der Waals surface area contributed by atoms with Crippen LogP contribution in [0.3, 0.4) is 0 Å². The molecule has 1 N–H and O–H groups in total. The lowest BCUT2D eigenvalue weighted by atomic mass is 9.85. The smallest absolute Gasteiger partial charge is 0.128 e. The summed E-state index contributed by atoms with van der Waals surface area (Å²) in [6.45, 7) is 6.26. The first-order valence-electron chi connectivity index (χ1n) is 8.73. The number of anilines is 2. The van der Waals surface area contributed by atoms with E-state index in [0.29, 0.717) is 5.56 Å². The molecule has 3 heteroatoms. The van der Waals surface area contributed by atoms with Crippen molar-refractivity contribution < 1.29 is 5.11 Å². The lowest BCUT2D eigenvalue weighted by Gasteiger charge is -2.22. The second kappa shape index (κ2) is 7.44. The molecule has 3 aromatic rings. The topological polar surface area (TPSA) is 35.8 Å². The van der Waals surface area contributed by atoms with Crippen LogP contribution in [-0.4, -0.2) is 11.3 Å². The van der Waals surface area contributed by atoms with Crippen molar-refractivity contribution in [3.63, 3.8) is 0 Å². The molecule has 0 amide bonds. The fourth-order valence-corrected chi connectivity index (χ4v) is 2.81. The zero-order chi connectivity index (χ0) is 18.6. The van der Waals surface area contributed by atoms with Crippen molar-refractivity contribution in [2.75, 3.05) is 5.01 Å². The Bertz CT molecular complexity index is 842. The zero-order valence-electron chi connectivity index (χ0n) is 15.4. The molecule has 0 atom stereocenters. The molecule has 0 spiro atoms. The Labute approximate surface area is 155 Å². The van der Waals surface area contributed by atoms with Crippen LogP contribution in [0.25, 0.3) is 0 Å². The third-order valence-electron chi connectivity index (χ3n) is 4.19. The van der Waals surface area contributed by atoms with Crippen molar-refractivity contribution in [3.05, 3.63) is 90.0 Å². The van der Waals surface area contributed by atoms with Crippen LogP contribution in [0.1, 0.15) is 31.9 Å². The summed E-state index contributed by atoms with van der Waals surface area (Å²) in [4.78, 5) is 0. The number of rotatable bonds is 4. The number of phenolic OH excluding ortho intramolecular Hbond substituents is 1. The van der Waals surface area contributed by atoms with E-state index >= 15 is 0 Å². The first-order chi connectivity index (χ1) is 12.5. The molecular formula is C23H24N2O. The van der Waals surface area contributed by atoms with Crippen LogP contribution in [0.4, 0.5) is 11.4 Å². The van der Waals surface area contributed by atoms with Crippen molar-refractivity contribution in [2.24, 2.45) is 5.10 Å². The van der Waals surface area contributed by atoms with Crippen molar-refractivity contribution in [1.82, 2.24) is 0 Å². The van der Waals surface area contributed by atoms with E-state index in [9.17, 15) is 5.11 Å². The molecule has 3 nitrogen and oxygen atoms in total. The number of aromatic hydroxyl groups is 1. The number of benzene rings is 3. The average molecular weight is 344 g/mol. The Hall–Kier alpha value is -3.07. The predicted molar refractivity (Wildman–Crippen MR) is 109 cm³/mol. The Morgan fingerprint density at radius 2 is 1.31 bits per heavy atom. The van der Waals surface area contributed by atoms with E-state index in [1.165, 1.54) is 0 Å². The monoisotopic (exact) mass is 344 g/mol. The van der Waals surface area contributed by atoms with Gasteiger partial charge in [-0.2, -0.15) is 5.10 Å². The van der Waals surface area contributed by atoms with Gasteiger partial charge in [-0.25, -0.2) is 5.01 Å². The lowest BCUT2D eigenvalue weighted by molar-refractivity contribution is 0.446. The normalized spacial score (nSPS) is 11.7. The molecule has 0 saturated heterocycles. The van der Waals surface area contributed by atoms with E-state index in [2.05, 4.69) is 25.9 Å². The molecule has 132 valence electrons. The molecule has 0 heterocycles. The van der Waals surface area contributed by atoms with Crippen LogP contribution in [0.15, 0.2) is 84.0 Å². The highest BCUT2D eigenvalue weighted by Gasteiger charge is 2.19. The highest BCUT2D eigenvalue weighted by atomic mass is 16.3. The van der Waals surface area contributed by atoms with Gasteiger partial charge in [0.2, 0.25) is 0 Å². The van der Waals surface area contributed by atoms with Crippen molar-refractivity contribution in [2.45, 2.75) is 26.2 Å². The first kappa shape index (κ1) is 17.7. The van der Waals surface area contributed by atoms with Gasteiger partial charge in [0.1, 0.15) is 5.75 Å². The van der Waals surface area contributed by atoms with E-state index in [1.807, 2.05) is 83.9 Å². The van der Waals surface area contributed by atoms with Crippen molar-refractivity contribution in [1.29, 1.82) is 0 Å². The summed E-state index contributed by atoms with van der Waals surface area (Å²) < 4.78 is 0. The van der Waals surface area contributed by atoms with E-state index in [4.69, 9.17) is 0 Å². The summed E-state index contributed by atoms with van der Waals surface area (Å²) in [6.07, 6.45) is 1.71. The molecule has 0 aliphatic rings. The predicted octanol–water partition coefficient (Wildman–Crippen LogP) is 5.86. The van der Waals surface area contributed by atoms with Crippen LogP contribution in [0.2, 0.25) is 0 Å². The fourth-order valence-electron chi connectivity index (χ4n) is 2.81. The summed E-state index contributed by atoms with van der Waals surface area (Å²) >= 11 is 0. The summed E-state index contributed by atoms with van der Waals surface area (Å²) in [5.74, 6) is 0.282. The largest absolute Gasteiger partial charge is 0.507 e. The lowest BCUT2D eigenvalue weighted by Crippen LogP contribution is -2.12. The van der Waals surface area contributed by atoms with Crippen molar-refractivity contribution in [3.8, 4) is 5.75 Å². The molecule has 0 unspecified atom stereocenters. The standard InChI is InChI=1S/C23H24N2O/c1-23(2,3)21-16-10-11-18(22(21)26)17-24-25(19-12-6-4-7-13-19)20-14-8-5-9-15-20/h4-17,26H,1-3H3. The molecular weight excluding hydrogens is 320 g/mol. The third-order valence-corrected chi connectivity index (χ3v) is 4.19. The Balaban J connectivity index is 2.01.